The number of hydrogen-bond acceptors (Lipinski definition) is 6. The van der Waals surface area contributed by atoms with E-state index in [1.807, 2.05) is 0 Å². The van der Waals surface area contributed by atoms with Gasteiger partial charge in [0, 0.05) is 12.9 Å². The molecule has 1 aromatic heterocycles. The number of hydrazone groups is 1. The van der Waals surface area contributed by atoms with E-state index in [1.54, 1.807) is 19.9 Å². The molecule has 1 rings (SSSR count). The second-order valence-corrected chi connectivity index (χ2v) is 6.08. The van der Waals surface area contributed by atoms with Crippen molar-refractivity contribution in [1.82, 2.24) is 10.3 Å². The summed E-state index contributed by atoms with van der Waals surface area (Å²) in [6.45, 7) is 10.6. The normalized spacial score (nSPS) is 13.7. The van der Waals surface area contributed by atoms with E-state index in [9.17, 15) is 9.00 Å². The number of ether oxygens (including phenoxy) is 1. The van der Waals surface area contributed by atoms with Gasteiger partial charge in [-0.1, -0.05) is 12.7 Å². The summed E-state index contributed by atoms with van der Waals surface area (Å²) < 4.78 is 30.9. The quantitative estimate of drug-likeness (QED) is 0.208. The molecule has 0 bridgehead atoms. The summed E-state index contributed by atoms with van der Waals surface area (Å²) in [6, 6.07) is 3.19. The van der Waals surface area contributed by atoms with Crippen LogP contribution in [0.15, 0.2) is 69.0 Å². The SMILES string of the molecule is C=CN(Cc1ccc(C(=O)N/C(C)=C(/C=C\C(=C/C)S(=O)O)OC)o1)N=C. The van der Waals surface area contributed by atoms with Crippen LogP contribution in [0.2, 0.25) is 0 Å². The zero-order chi connectivity index (χ0) is 20.4. The van der Waals surface area contributed by atoms with Crippen LogP contribution in [-0.2, 0) is 22.4 Å². The minimum absolute atomic E-state index is 0.113. The molecule has 1 aromatic rings. The Morgan fingerprint density at radius 2 is 2.19 bits per heavy atom. The Labute approximate surface area is 160 Å². The van der Waals surface area contributed by atoms with Gasteiger partial charge >= 0.3 is 0 Å². The van der Waals surface area contributed by atoms with Gasteiger partial charge in [-0.15, -0.1) is 0 Å². The molecule has 0 spiro atoms. The van der Waals surface area contributed by atoms with Crippen LogP contribution < -0.4 is 5.32 Å². The molecule has 8 nitrogen and oxygen atoms in total. The maximum Gasteiger partial charge on any atom is 0.291 e. The van der Waals surface area contributed by atoms with Crippen molar-refractivity contribution in [2.24, 2.45) is 5.10 Å². The van der Waals surface area contributed by atoms with Gasteiger partial charge in [-0.25, -0.2) is 4.21 Å². The predicted octanol–water partition coefficient (Wildman–Crippen LogP) is 3.13. The lowest BCUT2D eigenvalue weighted by molar-refractivity contribution is 0.0933. The van der Waals surface area contributed by atoms with E-state index in [-0.39, 0.29) is 10.7 Å². The van der Waals surface area contributed by atoms with E-state index in [0.717, 1.165) is 0 Å². The standard InChI is InChI=1S/C18H23N3O5S/c1-6-15(27(23)24)9-11-16(25-5)13(3)20-18(22)17-10-8-14(26-17)12-21(7-2)19-4/h6-11H,2,4,12H2,1,3,5H3,(H,20,22)(H,23,24)/b11-9-,15-6+,16-13-. The Balaban J connectivity index is 2.90. The second-order valence-electron chi connectivity index (χ2n) is 5.11. The first-order chi connectivity index (χ1) is 12.9. The molecule has 0 aliphatic carbocycles. The summed E-state index contributed by atoms with van der Waals surface area (Å²) in [6.07, 6.45) is 5.91. The lowest BCUT2D eigenvalue weighted by Crippen LogP contribution is -2.22. The minimum Gasteiger partial charge on any atom is -0.495 e. The van der Waals surface area contributed by atoms with Gasteiger partial charge in [0.15, 0.2) is 16.8 Å². The number of nitrogens with one attached hydrogen (secondary N) is 1. The van der Waals surface area contributed by atoms with E-state index in [2.05, 4.69) is 23.7 Å². The van der Waals surface area contributed by atoms with Crippen molar-refractivity contribution in [3.63, 3.8) is 0 Å². The van der Waals surface area contributed by atoms with Gasteiger partial charge in [0.2, 0.25) is 0 Å². The van der Waals surface area contributed by atoms with Crippen LogP contribution >= 0.6 is 0 Å². The monoisotopic (exact) mass is 393 g/mol. The van der Waals surface area contributed by atoms with E-state index >= 15 is 0 Å². The summed E-state index contributed by atoms with van der Waals surface area (Å²) in [4.78, 5) is 12.5. The first-order valence-corrected chi connectivity index (χ1v) is 8.92. The fourth-order valence-electron chi connectivity index (χ4n) is 1.97. The zero-order valence-corrected chi connectivity index (χ0v) is 16.3. The van der Waals surface area contributed by atoms with E-state index in [4.69, 9.17) is 13.7 Å². The molecule has 1 atom stereocenters. The van der Waals surface area contributed by atoms with Crippen LogP contribution in [0.4, 0.5) is 0 Å². The lowest BCUT2D eigenvalue weighted by Gasteiger charge is -2.10. The van der Waals surface area contributed by atoms with Crippen molar-refractivity contribution >= 4 is 23.7 Å². The van der Waals surface area contributed by atoms with Crippen molar-refractivity contribution in [2.45, 2.75) is 20.4 Å². The number of hydrogen-bond donors (Lipinski definition) is 2. The average Bonchev–Trinajstić information content (AvgIpc) is 3.11. The molecule has 146 valence electrons. The van der Waals surface area contributed by atoms with Crippen LogP contribution in [0.3, 0.4) is 0 Å². The van der Waals surface area contributed by atoms with E-state index < -0.39 is 17.0 Å². The van der Waals surface area contributed by atoms with Crippen LogP contribution in [-0.4, -0.2) is 33.5 Å². The summed E-state index contributed by atoms with van der Waals surface area (Å²) in [7, 11) is 1.43. The molecular formula is C18H23N3O5S. The molecule has 27 heavy (non-hydrogen) atoms. The molecule has 0 saturated carbocycles. The highest BCUT2D eigenvalue weighted by Crippen LogP contribution is 2.13. The maximum atomic E-state index is 12.3. The highest BCUT2D eigenvalue weighted by atomic mass is 32.2. The molecular weight excluding hydrogens is 370 g/mol. The van der Waals surface area contributed by atoms with E-state index in [0.29, 0.717) is 23.8 Å². The van der Waals surface area contributed by atoms with Gasteiger partial charge in [-0.2, -0.15) is 5.10 Å². The van der Waals surface area contributed by atoms with Crippen LogP contribution in [0.1, 0.15) is 30.2 Å². The van der Waals surface area contributed by atoms with E-state index in [1.165, 1.54) is 42.6 Å². The third-order valence-electron chi connectivity index (χ3n) is 3.37. The number of nitrogens with zero attached hydrogens (tertiary/aromatic N) is 2. The molecule has 0 saturated heterocycles. The maximum absolute atomic E-state index is 12.3. The zero-order valence-electron chi connectivity index (χ0n) is 15.5. The molecule has 0 radical (unpaired) electrons. The van der Waals surface area contributed by atoms with Gasteiger partial charge < -0.3 is 19.0 Å². The Morgan fingerprint density at radius 1 is 1.48 bits per heavy atom. The largest absolute Gasteiger partial charge is 0.495 e. The topological polar surface area (TPSA) is 104 Å². The number of furan rings is 1. The highest BCUT2D eigenvalue weighted by molar-refractivity contribution is 7.83. The Bertz CT molecular complexity index is 800. The minimum atomic E-state index is -2.11. The number of methoxy groups -OCH3 is 1. The third kappa shape index (κ3) is 6.72. The van der Waals surface area contributed by atoms with Crippen molar-refractivity contribution in [2.75, 3.05) is 7.11 Å². The second kappa shape index (κ2) is 10.9. The smallest absolute Gasteiger partial charge is 0.291 e. The summed E-state index contributed by atoms with van der Waals surface area (Å²) >= 11 is -2.11. The number of rotatable bonds is 10. The van der Waals surface area contributed by atoms with Crippen molar-refractivity contribution in [3.8, 4) is 0 Å². The van der Waals surface area contributed by atoms with Gasteiger partial charge in [0.05, 0.1) is 24.3 Å². The van der Waals surface area contributed by atoms with Crippen molar-refractivity contribution in [1.29, 1.82) is 0 Å². The van der Waals surface area contributed by atoms with Crippen molar-refractivity contribution < 1.29 is 22.7 Å². The molecule has 1 heterocycles. The van der Waals surface area contributed by atoms with Crippen molar-refractivity contribution in [3.05, 3.63) is 71.0 Å². The van der Waals surface area contributed by atoms with Crippen LogP contribution in [0, 0.1) is 0 Å². The number of allylic oxidation sites excluding steroid dienone is 4. The summed E-state index contributed by atoms with van der Waals surface area (Å²) in [5, 5.41) is 7.84. The lowest BCUT2D eigenvalue weighted by atomic mass is 10.3. The van der Waals surface area contributed by atoms with Gasteiger partial charge in [0.25, 0.3) is 5.91 Å². The third-order valence-corrected chi connectivity index (χ3v) is 4.15. The Kier molecular flexibility index (Phi) is 8.97. The Morgan fingerprint density at radius 3 is 2.70 bits per heavy atom. The fraction of sp³-hybridized carbons (Fsp3) is 0.222. The summed E-state index contributed by atoms with van der Waals surface area (Å²) in [5.74, 6) is 0.496. The molecule has 0 aliphatic heterocycles. The first-order valence-electron chi connectivity index (χ1n) is 7.82. The predicted molar refractivity (Wildman–Crippen MR) is 105 cm³/mol. The molecule has 1 amide bonds. The van der Waals surface area contributed by atoms with Gasteiger partial charge in [-0.05, 0) is 38.1 Å². The first kappa shape index (κ1) is 22.1. The van der Waals surface area contributed by atoms with Crippen LogP contribution in [0.5, 0.6) is 0 Å². The Hall–Kier alpha value is -2.91. The fourth-order valence-corrected chi connectivity index (χ4v) is 2.36. The summed E-state index contributed by atoms with van der Waals surface area (Å²) in [5.41, 5.74) is 0.413. The molecule has 9 heteroatoms. The van der Waals surface area contributed by atoms with Gasteiger partial charge in [-0.3, -0.25) is 9.80 Å². The molecule has 0 aromatic carbocycles. The highest BCUT2D eigenvalue weighted by Gasteiger charge is 2.14. The molecule has 2 N–H and O–H groups in total. The number of carbonyl (C=O) groups excluding carboxylic acids is 1. The molecule has 1 unspecified atom stereocenters. The number of carbonyl (C=O) groups is 1. The molecule has 0 fully saturated rings. The van der Waals surface area contributed by atoms with Crippen LogP contribution in [0.25, 0.3) is 0 Å². The average molecular weight is 393 g/mol. The molecule has 0 aliphatic rings. The van der Waals surface area contributed by atoms with Gasteiger partial charge in [0.1, 0.15) is 11.5 Å². The number of amides is 1.